The molecule has 0 aromatic rings. The van der Waals surface area contributed by atoms with E-state index in [0.717, 1.165) is 41.9 Å². The molecule has 0 amide bonds. The number of fused-ring (bicyclic) bond motifs is 4. The Kier molecular flexibility index (Phi) is 4.34. The van der Waals surface area contributed by atoms with Crippen LogP contribution in [0.4, 0.5) is 0 Å². The molecule has 5 saturated carbocycles. The molecule has 5 aliphatic carbocycles. The van der Waals surface area contributed by atoms with Gasteiger partial charge in [-0.15, -0.1) is 0 Å². The number of nitrogens with zero attached hydrogens (tertiary/aromatic N) is 1. The highest BCUT2D eigenvalue weighted by molar-refractivity contribution is 5.82. The van der Waals surface area contributed by atoms with Gasteiger partial charge in [0.05, 0.1) is 11.8 Å². The molecule has 5 fully saturated rings. The first-order valence-electron chi connectivity index (χ1n) is 13.1. The lowest BCUT2D eigenvalue weighted by Gasteiger charge is -2.61. The number of hydrogen-bond donors (Lipinski definition) is 0. The zero-order chi connectivity index (χ0) is 20.9. The molecule has 168 valence electrons. The second-order valence-electron chi connectivity index (χ2n) is 12.9. The van der Waals surface area contributed by atoms with E-state index < -0.39 is 0 Å². The predicted molar refractivity (Wildman–Crippen MR) is 120 cm³/mol. The van der Waals surface area contributed by atoms with Crippen molar-refractivity contribution in [2.24, 2.45) is 56.9 Å². The maximum atomic E-state index is 6.29. The topological polar surface area (TPSA) is 30.8 Å². The van der Waals surface area contributed by atoms with Gasteiger partial charge in [0.15, 0.2) is 0 Å². The Morgan fingerprint density at radius 1 is 1.13 bits per heavy atom. The highest BCUT2D eigenvalue weighted by Gasteiger charge is 2.77. The van der Waals surface area contributed by atoms with E-state index in [9.17, 15) is 0 Å². The zero-order valence-electron chi connectivity index (χ0n) is 20.0. The summed E-state index contributed by atoms with van der Waals surface area (Å²) in [5.41, 5.74) is 2.81. The molecule has 0 saturated heterocycles. The molecule has 0 N–H and O–H groups in total. The Morgan fingerprint density at radius 3 is 2.67 bits per heavy atom. The predicted octanol–water partition coefficient (Wildman–Crippen LogP) is 6.46. The Hall–Kier alpha value is -0.570. The molecule has 1 aliphatic heterocycles. The van der Waals surface area contributed by atoms with Gasteiger partial charge in [0.25, 0.3) is 0 Å². The van der Waals surface area contributed by atoms with Crippen LogP contribution >= 0.6 is 0 Å². The Balaban J connectivity index is 1.23. The van der Waals surface area contributed by atoms with Gasteiger partial charge in [-0.1, -0.05) is 25.9 Å². The largest absolute Gasteiger partial charge is 0.392 e. The average Bonchev–Trinajstić information content (AvgIpc) is 2.95. The first-order valence-corrected chi connectivity index (χ1v) is 13.1. The fraction of sp³-hybridized carbons (Fsp3) is 0.963. The van der Waals surface area contributed by atoms with E-state index in [0.29, 0.717) is 28.5 Å². The van der Waals surface area contributed by atoms with E-state index in [1.165, 1.54) is 63.5 Å². The smallest absolute Gasteiger partial charge is 0.133 e. The van der Waals surface area contributed by atoms with Crippen LogP contribution in [-0.4, -0.2) is 25.0 Å². The van der Waals surface area contributed by atoms with Crippen molar-refractivity contribution in [3.63, 3.8) is 0 Å². The highest BCUT2D eigenvalue weighted by Crippen LogP contribution is 2.82. The van der Waals surface area contributed by atoms with E-state index in [1.807, 2.05) is 7.11 Å². The van der Waals surface area contributed by atoms with Gasteiger partial charge in [0.2, 0.25) is 0 Å². The minimum atomic E-state index is 0.329. The molecular weight excluding hydrogens is 370 g/mol. The van der Waals surface area contributed by atoms with Crippen LogP contribution in [0.3, 0.4) is 0 Å². The maximum absolute atomic E-state index is 6.29. The molecular formula is C27H43NO2. The van der Waals surface area contributed by atoms with Crippen molar-refractivity contribution >= 4 is 5.71 Å². The summed E-state index contributed by atoms with van der Waals surface area (Å²) >= 11 is 0. The van der Waals surface area contributed by atoms with Crippen molar-refractivity contribution in [1.82, 2.24) is 0 Å². The standard InChI is InChI=1S/C27H43NO2/c1-16(12-19-13-17(2)28-30-19)21-6-7-22-20-14-24(29-5)27-15-18(27)8-11-26(27,4)23(20)9-10-25(21,22)3/h16,18-24H,6-15H2,1-5H3/t16-,18+,19?,20+,21?,22+,23+,24-,25-,26-,27+/m1/s1. The van der Waals surface area contributed by atoms with Gasteiger partial charge in [0.1, 0.15) is 6.10 Å². The number of hydrogen-bond acceptors (Lipinski definition) is 3. The van der Waals surface area contributed by atoms with Gasteiger partial charge in [-0.2, -0.15) is 0 Å². The monoisotopic (exact) mass is 413 g/mol. The van der Waals surface area contributed by atoms with Crippen LogP contribution in [0.25, 0.3) is 0 Å². The number of methoxy groups -OCH3 is 1. The molecule has 3 nitrogen and oxygen atoms in total. The second kappa shape index (κ2) is 6.49. The highest BCUT2D eigenvalue weighted by atomic mass is 16.6. The van der Waals surface area contributed by atoms with Gasteiger partial charge in [-0.05, 0) is 111 Å². The summed E-state index contributed by atoms with van der Waals surface area (Å²) in [6.07, 6.45) is 14.7. The minimum Gasteiger partial charge on any atom is -0.392 e. The second-order valence-corrected chi connectivity index (χ2v) is 12.9. The molecule has 6 rings (SSSR count). The molecule has 1 spiro atoms. The SMILES string of the molecule is CO[C@@H]1C[C@H]2[C@@H]3CCC([C@H](C)CC4CC(C)=NO4)[C@@]3(C)CC[C@@H]2[C@@]2(C)CC[C@H]3C[C@]312. The van der Waals surface area contributed by atoms with Crippen molar-refractivity contribution in [2.75, 3.05) is 7.11 Å². The van der Waals surface area contributed by atoms with Crippen molar-refractivity contribution in [1.29, 1.82) is 0 Å². The van der Waals surface area contributed by atoms with E-state index >= 15 is 0 Å². The Bertz CT molecular complexity index is 749. The van der Waals surface area contributed by atoms with Gasteiger partial charge in [-0.25, -0.2) is 0 Å². The third kappa shape index (κ3) is 2.40. The molecule has 11 atom stereocenters. The average molecular weight is 414 g/mol. The van der Waals surface area contributed by atoms with Gasteiger partial charge in [0, 0.05) is 18.9 Å². The summed E-state index contributed by atoms with van der Waals surface area (Å²) in [6, 6.07) is 0. The lowest BCUT2D eigenvalue weighted by molar-refractivity contribution is -0.161. The Labute approximate surface area is 183 Å². The maximum Gasteiger partial charge on any atom is 0.133 e. The lowest BCUT2D eigenvalue weighted by atomic mass is 9.45. The third-order valence-electron chi connectivity index (χ3n) is 12.1. The number of rotatable bonds is 4. The number of ether oxygens (including phenoxy) is 1. The quantitative estimate of drug-likeness (QED) is 0.529. The van der Waals surface area contributed by atoms with E-state index in [2.05, 4.69) is 32.9 Å². The van der Waals surface area contributed by atoms with Crippen molar-refractivity contribution < 1.29 is 9.57 Å². The lowest BCUT2D eigenvalue weighted by Crippen LogP contribution is -2.57. The summed E-state index contributed by atoms with van der Waals surface area (Å²) < 4.78 is 6.29. The first kappa shape index (κ1) is 20.1. The molecule has 0 aromatic heterocycles. The molecule has 0 radical (unpaired) electrons. The van der Waals surface area contributed by atoms with Crippen LogP contribution in [0.1, 0.15) is 91.9 Å². The molecule has 2 unspecified atom stereocenters. The van der Waals surface area contributed by atoms with Crippen LogP contribution < -0.4 is 0 Å². The van der Waals surface area contributed by atoms with Crippen molar-refractivity contribution in [3.05, 3.63) is 0 Å². The van der Waals surface area contributed by atoms with Crippen LogP contribution in [0.15, 0.2) is 5.16 Å². The molecule has 30 heavy (non-hydrogen) atoms. The Morgan fingerprint density at radius 2 is 1.97 bits per heavy atom. The van der Waals surface area contributed by atoms with Gasteiger partial charge < -0.3 is 9.57 Å². The fourth-order valence-corrected chi connectivity index (χ4v) is 10.8. The van der Waals surface area contributed by atoms with Crippen molar-refractivity contribution in [3.8, 4) is 0 Å². The summed E-state index contributed by atoms with van der Waals surface area (Å²) in [5, 5.41) is 4.22. The van der Waals surface area contributed by atoms with Crippen LogP contribution in [0, 0.1) is 51.8 Å². The third-order valence-corrected chi connectivity index (χ3v) is 12.1. The number of oxime groups is 1. The molecule has 0 bridgehead atoms. The van der Waals surface area contributed by atoms with Gasteiger partial charge >= 0.3 is 0 Å². The van der Waals surface area contributed by atoms with E-state index in [4.69, 9.17) is 9.57 Å². The van der Waals surface area contributed by atoms with Gasteiger partial charge in [-0.3, -0.25) is 0 Å². The molecule has 6 aliphatic rings. The molecule has 3 heteroatoms. The normalized spacial score (nSPS) is 57.0. The van der Waals surface area contributed by atoms with Crippen LogP contribution in [-0.2, 0) is 9.57 Å². The van der Waals surface area contributed by atoms with E-state index in [1.54, 1.807) is 0 Å². The first-order chi connectivity index (χ1) is 14.3. The summed E-state index contributed by atoms with van der Waals surface area (Å²) in [4.78, 5) is 5.73. The fourth-order valence-electron chi connectivity index (χ4n) is 10.8. The summed E-state index contributed by atoms with van der Waals surface area (Å²) in [5.74, 6) is 5.35. The summed E-state index contributed by atoms with van der Waals surface area (Å²) in [7, 11) is 2.01. The molecule has 0 aromatic carbocycles. The van der Waals surface area contributed by atoms with Crippen molar-refractivity contribution in [2.45, 2.75) is 104 Å². The summed E-state index contributed by atoms with van der Waals surface area (Å²) in [6.45, 7) is 10.00. The van der Waals surface area contributed by atoms with Crippen LogP contribution in [0.5, 0.6) is 0 Å². The zero-order valence-corrected chi connectivity index (χ0v) is 20.0. The molecule has 1 heterocycles. The minimum absolute atomic E-state index is 0.329. The van der Waals surface area contributed by atoms with E-state index in [-0.39, 0.29) is 0 Å². The van der Waals surface area contributed by atoms with Crippen LogP contribution in [0.2, 0.25) is 0 Å².